The van der Waals surface area contributed by atoms with Crippen LogP contribution in [-0.4, -0.2) is 22.1 Å². The summed E-state index contributed by atoms with van der Waals surface area (Å²) in [5.41, 5.74) is 7.61. The van der Waals surface area contributed by atoms with Crippen molar-refractivity contribution in [1.82, 2.24) is 9.78 Å². The van der Waals surface area contributed by atoms with Crippen LogP contribution in [0.25, 0.3) is 0 Å². The molecule has 0 aliphatic carbocycles. The van der Waals surface area contributed by atoms with Gasteiger partial charge in [0.2, 0.25) is 0 Å². The molecule has 5 heteroatoms. The first-order valence-corrected chi connectivity index (χ1v) is 7.54. The number of carbonyl (C=O) groups excluding carboxylic acids is 1. The van der Waals surface area contributed by atoms with Crippen LogP contribution in [0.5, 0.6) is 0 Å². The average Bonchev–Trinajstić information content (AvgIpc) is 2.54. The van der Waals surface area contributed by atoms with Crippen molar-refractivity contribution < 1.29 is 4.79 Å². The van der Waals surface area contributed by atoms with Crippen LogP contribution in [-0.2, 0) is 18.3 Å². The molecule has 0 bridgehead atoms. The first-order valence-electron chi connectivity index (χ1n) is 6.74. The fraction of sp³-hybridized carbons (Fsp3) is 0.714. The minimum Gasteiger partial charge on any atom is -0.330 e. The molecule has 0 aromatic carbocycles. The van der Waals surface area contributed by atoms with E-state index < -0.39 is 0 Å². The van der Waals surface area contributed by atoms with E-state index in [9.17, 15) is 4.79 Å². The van der Waals surface area contributed by atoms with E-state index >= 15 is 0 Å². The van der Waals surface area contributed by atoms with E-state index in [1.807, 2.05) is 14.0 Å². The normalized spacial score (nSPS) is 13.0. The van der Waals surface area contributed by atoms with Gasteiger partial charge in [0.05, 0.1) is 15.9 Å². The van der Waals surface area contributed by atoms with E-state index in [0.29, 0.717) is 31.2 Å². The first kappa shape index (κ1) is 16.4. The minimum atomic E-state index is 0.236. The summed E-state index contributed by atoms with van der Waals surface area (Å²) in [6.07, 6.45) is 1.99. The molecule has 0 radical (unpaired) electrons. The second kappa shape index (κ2) is 7.20. The van der Waals surface area contributed by atoms with Crippen LogP contribution >= 0.6 is 15.9 Å². The Balaban J connectivity index is 2.64. The zero-order valence-electron chi connectivity index (χ0n) is 12.2. The van der Waals surface area contributed by atoms with Crippen LogP contribution in [0.2, 0.25) is 0 Å². The number of hydrogen-bond donors (Lipinski definition) is 1. The summed E-state index contributed by atoms with van der Waals surface area (Å²) in [4.78, 5) is 12.2. The fourth-order valence-electron chi connectivity index (χ4n) is 2.38. The van der Waals surface area contributed by atoms with Crippen LogP contribution in [0.15, 0.2) is 4.47 Å². The Morgan fingerprint density at radius 3 is 2.53 bits per heavy atom. The highest BCUT2D eigenvalue weighted by Crippen LogP contribution is 2.22. The molecular weight excluding hydrogens is 306 g/mol. The molecule has 1 atom stereocenters. The van der Waals surface area contributed by atoms with Crippen molar-refractivity contribution in [2.75, 3.05) is 6.54 Å². The maximum atomic E-state index is 12.2. The number of carbonyl (C=O) groups is 1. The molecular formula is C14H24BrN3O. The molecule has 0 amide bonds. The Morgan fingerprint density at radius 1 is 1.47 bits per heavy atom. The third-order valence-corrected chi connectivity index (χ3v) is 4.31. The van der Waals surface area contributed by atoms with Gasteiger partial charge < -0.3 is 5.73 Å². The molecule has 4 nitrogen and oxygen atoms in total. The van der Waals surface area contributed by atoms with Crippen molar-refractivity contribution in [2.24, 2.45) is 24.6 Å². The predicted octanol–water partition coefficient (Wildman–Crippen LogP) is 2.61. The Morgan fingerprint density at radius 2 is 2.11 bits per heavy atom. The van der Waals surface area contributed by atoms with Crippen molar-refractivity contribution in [3.63, 3.8) is 0 Å². The monoisotopic (exact) mass is 329 g/mol. The maximum absolute atomic E-state index is 12.2. The molecule has 0 aliphatic rings. The van der Waals surface area contributed by atoms with Crippen molar-refractivity contribution in [2.45, 2.75) is 40.0 Å². The number of hydrogen-bond acceptors (Lipinski definition) is 3. The largest absolute Gasteiger partial charge is 0.330 e. The second-order valence-electron chi connectivity index (χ2n) is 5.62. The summed E-state index contributed by atoms with van der Waals surface area (Å²) in [7, 11) is 1.87. The molecule has 0 spiro atoms. The minimum absolute atomic E-state index is 0.236. The standard InChI is InChI=1S/C14H24BrN3O/c1-9(2)5-11(8-16)6-12(19)7-13-14(15)10(3)17-18(13)4/h9,11H,5-8,16H2,1-4H3. The highest BCUT2D eigenvalue weighted by Gasteiger charge is 2.18. The lowest BCUT2D eigenvalue weighted by atomic mass is 9.91. The molecule has 1 heterocycles. The summed E-state index contributed by atoms with van der Waals surface area (Å²) >= 11 is 3.49. The molecule has 2 N–H and O–H groups in total. The molecule has 1 aromatic rings. The highest BCUT2D eigenvalue weighted by molar-refractivity contribution is 9.10. The summed E-state index contributed by atoms with van der Waals surface area (Å²) in [5.74, 6) is 1.10. The van der Waals surface area contributed by atoms with Crippen molar-refractivity contribution in [3.8, 4) is 0 Å². The molecule has 1 rings (SSSR count). The van der Waals surface area contributed by atoms with Gasteiger partial charge in [0.1, 0.15) is 5.78 Å². The fourth-order valence-corrected chi connectivity index (χ4v) is 2.86. The third-order valence-electron chi connectivity index (χ3n) is 3.28. The molecule has 19 heavy (non-hydrogen) atoms. The highest BCUT2D eigenvalue weighted by atomic mass is 79.9. The van der Waals surface area contributed by atoms with Gasteiger partial charge in [-0.3, -0.25) is 9.48 Å². The second-order valence-corrected chi connectivity index (χ2v) is 6.41. The van der Waals surface area contributed by atoms with E-state index in [4.69, 9.17) is 5.73 Å². The molecule has 0 saturated carbocycles. The molecule has 1 aromatic heterocycles. The van der Waals surface area contributed by atoms with Crippen molar-refractivity contribution >= 4 is 21.7 Å². The van der Waals surface area contributed by atoms with Gasteiger partial charge in [-0.05, 0) is 47.7 Å². The van der Waals surface area contributed by atoms with E-state index in [0.717, 1.165) is 22.3 Å². The van der Waals surface area contributed by atoms with E-state index in [-0.39, 0.29) is 5.78 Å². The number of nitrogens with zero attached hydrogens (tertiary/aromatic N) is 2. The van der Waals surface area contributed by atoms with Crippen LogP contribution in [0.4, 0.5) is 0 Å². The van der Waals surface area contributed by atoms with E-state index in [1.54, 1.807) is 4.68 Å². The van der Waals surface area contributed by atoms with Crippen molar-refractivity contribution in [1.29, 1.82) is 0 Å². The lowest BCUT2D eigenvalue weighted by molar-refractivity contribution is -0.119. The Kier molecular flexibility index (Phi) is 6.20. The number of halogens is 1. The number of rotatable bonds is 7. The lowest BCUT2D eigenvalue weighted by Crippen LogP contribution is -2.21. The number of ketones is 1. The zero-order chi connectivity index (χ0) is 14.6. The van der Waals surface area contributed by atoms with Gasteiger partial charge >= 0.3 is 0 Å². The topological polar surface area (TPSA) is 60.9 Å². The molecule has 0 fully saturated rings. The summed E-state index contributed by atoms with van der Waals surface area (Å²) in [6.45, 7) is 6.83. The predicted molar refractivity (Wildman–Crippen MR) is 81.0 cm³/mol. The number of aromatic nitrogens is 2. The third kappa shape index (κ3) is 4.73. The van der Waals surface area contributed by atoms with Crippen LogP contribution in [0, 0.1) is 18.8 Å². The summed E-state index contributed by atoms with van der Waals surface area (Å²) < 4.78 is 2.72. The van der Waals surface area contributed by atoms with Gasteiger partial charge in [-0.25, -0.2) is 0 Å². The quantitative estimate of drug-likeness (QED) is 0.836. The van der Waals surface area contributed by atoms with Crippen molar-refractivity contribution in [3.05, 3.63) is 15.9 Å². The Labute approximate surface area is 123 Å². The summed E-state index contributed by atoms with van der Waals surface area (Å²) in [6, 6.07) is 0. The summed E-state index contributed by atoms with van der Waals surface area (Å²) in [5, 5.41) is 4.30. The SMILES string of the molecule is Cc1nn(C)c(CC(=O)CC(CN)CC(C)C)c1Br. The van der Waals surface area contributed by atoms with Crippen LogP contribution < -0.4 is 5.73 Å². The van der Waals surface area contributed by atoms with Gasteiger partial charge in [0, 0.05) is 19.9 Å². The van der Waals surface area contributed by atoms with Gasteiger partial charge in [-0.15, -0.1) is 0 Å². The average molecular weight is 330 g/mol. The van der Waals surface area contributed by atoms with Crippen LogP contribution in [0.3, 0.4) is 0 Å². The number of aryl methyl sites for hydroxylation is 2. The Hall–Kier alpha value is -0.680. The molecule has 0 aliphatic heterocycles. The number of nitrogens with two attached hydrogens (primary N) is 1. The maximum Gasteiger partial charge on any atom is 0.139 e. The Bertz CT molecular complexity index is 440. The van der Waals surface area contributed by atoms with E-state index in [1.165, 1.54) is 0 Å². The van der Waals surface area contributed by atoms with Gasteiger partial charge in [0.25, 0.3) is 0 Å². The molecule has 108 valence electrons. The van der Waals surface area contributed by atoms with Gasteiger partial charge in [-0.1, -0.05) is 13.8 Å². The molecule has 0 saturated heterocycles. The smallest absolute Gasteiger partial charge is 0.139 e. The van der Waals surface area contributed by atoms with Crippen LogP contribution in [0.1, 0.15) is 38.1 Å². The van der Waals surface area contributed by atoms with Gasteiger partial charge in [-0.2, -0.15) is 5.10 Å². The first-order chi connectivity index (χ1) is 8.85. The zero-order valence-corrected chi connectivity index (χ0v) is 13.8. The van der Waals surface area contributed by atoms with E-state index in [2.05, 4.69) is 34.9 Å². The van der Waals surface area contributed by atoms with Gasteiger partial charge in [0.15, 0.2) is 0 Å². The lowest BCUT2D eigenvalue weighted by Gasteiger charge is -2.16. The number of Topliss-reactive ketones (excluding diaryl/α,β-unsaturated/α-hetero) is 1. The molecule has 1 unspecified atom stereocenters.